The van der Waals surface area contributed by atoms with E-state index < -0.39 is 0 Å². The van der Waals surface area contributed by atoms with Gasteiger partial charge in [0.2, 0.25) is 11.2 Å². The maximum atomic E-state index is 6.76. The van der Waals surface area contributed by atoms with Gasteiger partial charge in [-0.25, -0.2) is 4.98 Å². The normalized spacial score (nSPS) is 14.5. The second kappa shape index (κ2) is 10.4. The number of aromatic nitrogens is 4. The fourth-order valence-electron chi connectivity index (χ4n) is 6.71. The van der Waals surface area contributed by atoms with Crippen LogP contribution in [0.2, 0.25) is 0 Å². The molecular weight excluding hydrogens is 527 g/mol. The van der Waals surface area contributed by atoms with E-state index in [1.54, 1.807) is 0 Å². The highest BCUT2D eigenvalue weighted by Crippen LogP contribution is 2.40. The van der Waals surface area contributed by atoms with Gasteiger partial charge in [0, 0.05) is 34.3 Å². The summed E-state index contributed by atoms with van der Waals surface area (Å²) in [6.45, 7) is 8.28. The minimum absolute atomic E-state index is 0.211. The lowest BCUT2D eigenvalue weighted by Crippen LogP contribution is -2.34. The molecule has 0 N–H and O–H groups in total. The highest BCUT2D eigenvalue weighted by atomic mass is 16.3. The predicted octanol–water partition coefficient (Wildman–Crippen LogP) is 8.13. The van der Waals surface area contributed by atoms with Gasteiger partial charge in [-0.1, -0.05) is 55.5 Å². The number of pyridine rings is 3. The quantitative estimate of drug-likeness (QED) is 0.158. The van der Waals surface area contributed by atoms with Crippen molar-refractivity contribution in [3.05, 3.63) is 107 Å². The smallest absolute Gasteiger partial charge is 0.243 e. The Kier molecular flexibility index (Phi) is 6.61. The van der Waals surface area contributed by atoms with Crippen molar-refractivity contribution < 1.29 is 9.10 Å². The van der Waals surface area contributed by atoms with Crippen molar-refractivity contribution in [3.63, 3.8) is 0 Å². The zero-order valence-electron chi connectivity index (χ0n) is 25.6. The molecule has 0 saturated heterocycles. The van der Waals surface area contributed by atoms with E-state index in [0.29, 0.717) is 5.71 Å². The largest absolute Gasteiger partial charge is 0.437 e. The molecule has 0 atom stereocenters. The van der Waals surface area contributed by atoms with Crippen molar-refractivity contribution >= 4 is 46.3 Å². The van der Waals surface area contributed by atoms with Gasteiger partial charge in [0.1, 0.15) is 10.9 Å². The molecule has 7 aromatic rings. The van der Waals surface area contributed by atoms with Crippen LogP contribution >= 0.6 is 0 Å². The molecule has 0 aliphatic heterocycles. The van der Waals surface area contributed by atoms with Crippen LogP contribution in [-0.4, -0.2) is 22.3 Å². The number of furan rings is 1. The van der Waals surface area contributed by atoms with Crippen molar-refractivity contribution in [2.24, 2.45) is 7.05 Å². The first-order chi connectivity index (χ1) is 20.7. The maximum absolute atomic E-state index is 6.76. The van der Waals surface area contributed by atoms with E-state index in [4.69, 9.17) is 12.3 Å². The minimum Gasteiger partial charge on any atom is -0.437 e. The van der Waals surface area contributed by atoms with Crippen LogP contribution in [0.3, 0.4) is 0 Å². The number of benzene rings is 2. The summed E-state index contributed by atoms with van der Waals surface area (Å²) in [6.07, 6.45) is 8.56. The molecule has 43 heavy (non-hydrogen) atoms. The maximum Gasteiger partial charge on any atom is 0.243 e. The molecule has 2 aromatic carbocycles. The number of fused-ring (bicyclic) bond motifs is 7. The summed E-state index contributed by atoms with van der Waals surface area (Å²) in [5.41, 5.74) is 12.1. The summed E-state index contributed by atoms with van der Waals surface area (Å²) in [5, 5.41) is 3.08. The molecule has 212 valence electrons. The first-order valence-electron chi connectivity index (χ1n) is 15.1. The van der Waals surface area contributed by atoms with Crippen LogP contribution < -0.4 is 4.68 Å². The Bertz CT molecular complexity index is 2150. The van der Waals surface area contributed by atoms with E-state index in [1.807, 2.05) is 19.2 Å². The van der Waals surface area contributed by atoms with Gasteiger partial charge in [-0.2, -0.15) is 0 Å². The van der Waals surface area contributed by atoms with E-state index in [0.717, 1.165) is 57.0 Å². The monoisotopic (exact) mass is 563 g/mol. The average molecular weight is 564 g/mol. The average Bonchev–Trinajstić information content (AvgIpc) is 3.68. The van der Waals surface area contributed by atoms with Gasteiger partial charge in [0.15, 0.2) is 12.6 Å². The third-order valence-electron chi connectivity index (χ3n) is 9.13. The lowest BCUT2D eigenvalue weighted by atomic mass is 9.63. The van der Waals surface area contributed by atoms with Crippen LogP contribution in [0.4, 0.5) is 0 Å². The molecule has 1 saturated carbocycles. The molecule has 5 heterocycles. The molecule has 2 radical (unpaired) electrons. The number of rotatable bonds is 2. The van der Waals surface area contributed by atoms with E-state index in [1.165, 1.54) is 40.7 Å². The Morgan fingerprint density at radius 2 is 1.63 bits per heavy atom. The van der Waals surface area contributed by atoms with Crippen LogP contribution in [0.5, 0.6) is 0 Å². The number of hydrogen-bond acceptors (Lipinski definition) is 3. The second-order valence-corrected chi connectivity index (χ2v) is 12.3. The number of nitrogens with zero attached hydrogens (tertiary/aromatic N) is 4. The van der Waals surface area contributed by atoms with Crippen LogP contribution in [0.25, 0.3) is 49.7 Å². The van der Waals surface area contributed by atoms with Crippen LogP contribution in [-0.2, 0) is 12.4 Å². The Morgan fingerprint density at radius 1 is 0.860 bits per heavy atom. The fraction of sp³-hybridized carbons (Fsp3) is 0.270. The predicted molar refractivity (Wildman–Crippen MR) is 176 cm³/mol. The molecular formula is C37H36BN4O+. The SMILES string of the molecule is Cc1ccc(-c2ccc(C)cc2C)nc1.[B]C1(c2ccn3c(c2)c2c4oc5nc(C)ccc5c4ccc2[n+]3C)CCCC1. The van der Waals surface area contributed by atoms with E-state index >= 15 is 0 Å². The van der Waals surface area contributed by atoms with Gasteiger partial charge in [0.25, 0.3) is 0 Å². The Hall–Kier alpha value is -4.45. The van der Waals surface area contributed by atoms with E-state index in [9.17, 15) is 0 Å². The molecule has 8 rings (SSSR count). The van der Waals surface area contributed by atoms with Crippen molar-refractivity contribution in [3.8, 4) is 11.3 Å². The van der Waals surface area contributed by atoms with Crippen LogP contribution in [0.1, 0.15) is 53.6 Å². The lowest BCUT2D eigenvalue weighted by molar-refractivity contribution is -0.713. The Balaban J connectivity index is 0.000000170. The zero-order chi connectivity index (χ0) is 29.9. The van der Waals surface area contributed by atoms with Crippen molar-refractivity contribution in [2.45, 2.75) is 58.7 Å². The topological polar surface area (TPSA) is 47.2 Å². The first kappa shape index (κ1) is 27.4. The van der Waals surface area contributed by atoms with Crippen molar-refractivity contribution in [1.82, 2.24) is 14.5 Å². The first-order valence-corrected chi connectivity index (χ1v) is 15.1. The summed E-state index contributed by atoms with van der Waals surface area (Å²) < 4.78 is 10.6. The van der Waals surface area contributed by atoms with Gasteiger partial charge < -0.3 is 4.42 Å². The number of hydrogen-bond donors (Lipinski definition) is 0. The molecule has 1 aliphatic carbocycles. The second-order valence-electron chi connectivity index (χ2n) is 12.3. The van der Waals surface area contributed by atoms with Gasteiger partial charge in [-0.15, -0.1) is 9.20 Å². The highest BCUT2D eigenvalue weighted by Gasteiger charge is 2.31. The summed E-state index contributed by atoms with van der Waals surface area (Å²) in [4.78, 5) is 9.04. The molecule has 0 bridgehead atoms. The molecule has 5 aromatic heterocycles. The summed E-state index contributed by atoms with van der Waals surface area (Å²) in [5.74, 6) is 0. The fourth-order valence-corrected chi connectivity index (χ4v) is 6.71. The van der Waals surface area contributed by atoms with E-state index in [-0.39, 0.29) is 5.31 Å². The third kappa shape index (κ3) is 4.70. The summed E-state index contributed by atoms with van der Waals surface area (Å²) in [6, 6.07) is 23.5. The minimum atomic E-state index is -0.211. The molecule has 6 heteroatoms. The van der Waals surface area contributed by atoms with Gasteiger partial charge >= 0.3 is 0 Å². The number of aryl methyl sites for hydroxylation is 5. The standard InChI is InChI=1S/C23H21BN3O.C14H15N/c1-14-5-6-17-16-7-8-18-20(21(16)28-22(17)25-14)19-13-15(9-12-27(19)26(18)2)23(24)10-3-4-11-23;1-10-4-6-13(12(3)8-10)14-7-5-11(2)9-15-14/h5-9,12-13H,3-4,10-11H2,1-2H3;4-9H,1-3H3/q+1;. The van der Waals surface area contributed by atoms with Crippen LogP contribution in [0.15, 0.2) is 83.5 Å². The van der Waals surface area contributed by atoms with Gasteiger partial charge in [0.05, 0.1) is 19.7 Å². The molecule has 1 fully saturated rings. The zero-order valence-corrected chi connectivity index (χ0v) is 25.6. The van der Waals surface area contributed by atoms with Crippen molar-refractivity contribution in [1.29, 1.82) is 0 Å². The molecule has 0 unspecified atom stereocenters. The van der Waals surface area contributed by atoms with E-state index in [2.05, 4.69) is 114 Å². The Morgan fingerprint density at radius 3 is 2.37 bits per heavy atom. The lowest BCUT2D eigenvalue weighted by Gasteiger charge is -2.24. The summed E-state index contributed by atoms with van der Waals surface area (Å²) >= 11 is 0. The molecule has 0 amide bonds. The highest BCUT2D eigenvalue weighted by molar-refractivity contribution is 6.18. The molecule has 1 aliphatic rings. The third-order valence-corrected chi connectivity index (χ3v) is 9.13. The Labute approximate surface area is 253 Å². The van der Waals surface area contributed by atoms with Gasteiger partial charge in [-0.3, -0.25) is 4.98 Å². The molecule has 0 spiro atoms. The van der Waals surface area contributed by atoms with Gasteiger partial charge in [-0.05, 0) is 86.1 Å². The van der Waals surface area contributed by atoms with Crippen LogP contribution in [0, 0.1) is 27.7 Å². The van der Waals surface area contributed by atoms with Crippen molar-refractivity contribution in [2.75, 3.05) is 0 Å². The molecule has 5 nitrogen and oxygen atoms in total. The summed E-state index contributed by atoms with van der Waals surface area (Å²) in [7, 11) is 8.85.